The third kappa shape index (κ3) is 4.47. The van der Waals surface area contributed by atoms with Crippen LogP contribution in [0.3, 0.4) is 0 Å². The third-order valence-electron chi connectivity index (χ3n) is 3.59. The van der Waals surface area contributed by atoms with Gasteiger partial charge in [0.15, 0.2) is 5.78 Å². The van der Waals surface area contributed by atoms with Gasteiger partial charge in [0.1, 0.15) is 11.6 Å². The van der Waals surface area contributed by atoms with E-state index in [1.165, 1.54) is 47.4 Å². The summed E-state index contributed by atoms with van der Waals surface area (Å²) in [5, 5.41) is 1.27. The minimum absolute atomic E-state index is 0.0992. The van der Waals surface area contributed by atoms with Gasteiger partial charge in [0.05, 0.1) is 28.3 Å². The minimum Gasteiger partial charge on any atom is -0.494 e. The zero-order valence-corrected chi connectivity index (χ0v) is 16.0. The van der Waals surface area contributed by atoms with E-state index in [0.717, 1.165) is 16.0 Å². The molecule has 3 aromatic rings. The fourth-order valence-electron chi connectivity index (χ4n) is 2.34. The Labute approximate surface area is 159 Å². The van der Waals surface area contributed by atoms with Crippen LogP contribution in [0.5, 0.6) is 5.75 Å². The van der Waals surface area contributed by atoms with Gasteiger partial charge in [0.25, 0.3) is 0 Å². The highest BCUT2D eigenvalue weighted by molar-refractivity contribution is 8.13. The van der Waals surface area contributed by atoms with E-state index in [2.05, 4.69) is 9.98 Å². The SMILES string of the molecule is CCOc1ccc2nc(/N=C(/CC(=O)c3ccc(F)cc3)SC)sc2c1. The van der Waals surface area contributed by atoms with Crippen LogP contribution < -0.4 is 4.74 Å². The van der Waals surface area contributed by atoms with E-state index in [9.17, 15) is 9.18 Å². The summed E-state index contributed by atoms with van der Waals surface area (Å²) in [6.07, 6.45) is 2.03. The smallest absolute Gasteiger partial charge is 0.210 e. The molecule has 0 saturated heterocycles. The molecule has 0 fully saturated rings. The molecule has 4 nitrogen and oxygen atoms in total. The van der Waals surface area contributed by atoms with Crippen molar-refractivity contribution >= 4 is 49.3 Å². The van der Waals surface area contributed by atoms with Crippen LogP contribution in [0.4, 0.5) is 9.52 Å². The van der Waals surface area contributed by atoms with Crippen LogP contribution in [0.25, 0.3) is 10.2 Å². The molecule has 0 aliphatic heterocycles. The predicted molar refractivity (Wildman–Crippen MR) is 107 cm³/mol. The molecule has 0 amide bonds. The third-order valence-corrected chi connectivity index (χ3v) is 5.21. The van der Waals surface area contributed by atoms with E-state index in [0.29, 0.717) is 22.3 Å². The van der Waals surface area contributed by atoms with Gasteiger partial charge in [-0.25, -0.2) is 14.4 Å². The Balaban J connectivity index is 1.80. The molecule has 0 N–H and O–H groups in total. The van der Waals surface area contributed by atoms with Crippen LogP contribution in [0.15, 0.2) is 47.5 Å². The number of fused-ring (bicyclic) bond motifs is 1. The number of benzene rings is 2. The number of aliphatic imine (C=N–C) groups is 1. The molecule has 0 aliphatic carbocycles. The summed E-state index contributed by atoms with van der Waals surface area (Å²) in [7, 11) is 0. The number of aromatic nitrogens is 1. The molecule has 2 aromatic carbocycles. The van der Waals surface area contributed by atoms with Crippen molar-refractivity contribution < 1.29 is 13.9 Å². The van der Waals surface area contributed by atoms with Crippen LogP contribution in [-0.2, 0) is 0 Å². The average Bonchev–Trinajstić information content (AvgIpc) is 3.03. The number of halogens is 1. The van der Waals surface area contributed by atoms with Gasteiger partial charge < -0.3 is 4.74 Å². The molecular weight excluding hydrogens is 371 g/mol. The van der Waals surface area contributed by atoms with Gasteiger partial charge in [-0.05, 0) is 55.6 Å². The second kappa shape index (κ2) is 8.42. The number of thioether (sulfide) groups is 1. The Bertz CT molecular complexity index is 952. The first-order valence-corrected chi connectivity index (χ1v) is 10.1. The highest BCUT2D eigenvalue weighted by Crippen LogP contribution is 2.31. The number of Topliss-reactive ketones (excluding diaryl/α,β-unsaturated/α-hetero) is 1. The number of rotatable bonds is 6. The molecule has 1 heterocycles. The summed E-state index contributed by atoms with van der Waals surface area (Å²) >= 11 is 2.86. The number of thiazole rings is 1. The maximum atomic E-state index is 13.0. The van der Waals surface area contributed by atoms with Crippen molar-refractivity contribution in [2.24, 2.45) is 4.99 Å². The number of hydrogen-bond acceptors (Lipinski definition) is 6. The molecule has 0 atom stereocenters. The van der Waals surface area contributed by atoms with E-state index in [1.807, 2.05) is 31.4 Å². The van der Waals surface area contributed by atoms with Gasteiger partial charge in [0.2, 0.25) is 5.13 Å². The Morgan fingerprint density at radius 2 is 2.04 bits per heavy atom. The second-order valence-electron chi connectivity index (χ2n) is 5.38. The fraction of sp³-hybridized carbons (Fsp3) is 0.211. The van der Waals surface area contributed by atoms with E-state index in [1.54, 1.807) is 0 Å². The number of hydrogen-bond donors (Lipinski definition) is 0. The molecule has 7 heteroatoms. The number of carbonyl (C=O) groups is 1. The second-order valence-corrected chi connectivity index (χ2v) is 7.26. The molecular formula is C19H17FN2O2S2. The fourth-order valence-corrected chi connectivity index (χ4v) is 3.74. The molecule has 26 heavy (non-hydrogen) atoms. The lowest BCUT2D eigenvalue weighted by atomic mass is 10.1. The lowest BCUT2D eigenvalue weighted by molar-refractivity contribution is 0.100. The summed E-state index contributed by atoms with van der Waals surface area (Å²) in [5.74, 6) is 0.342. The number of ether oxygens (including phenoxy) is 1. The summed E-state index contributed by atoms with van der Waals surface area (Å²) in [5.41, 5.74) is 1.32. The summed E-state index contributed by atoms with van der Waals surface area (Å²) in [6.45, 7) is 2.55. The molecule has 0 aliphatic rings. The minimum atomic E-state index is -0.360. The van der Waals surface area contributed by atoms with Crippen molar-refractivity contribution in [1.29, 1.82) is 0 Å². The first-order chi connectivity index (χ1) is 12.6. The maximum absolute atomic E-state index is 13.0. The van der Waals surface area contributed by atoms with Gasteiger partial charge in [-0.3, -0.25) is 4.79 Å². The van der Waals surface area contributed by atoms with Crippen molar-refractivity contribution in [2.75, 3.05) is 12.9 Å². The quantitative estimate of drug-likeness (QED) is 0.318. The van der Waals surface area contributed by atoms with Crippen molar-refractivity contribution in [3.05, 3.63) is 53.8 Å². The highest BCUT2D eigenvalue weighted by atomic mass is 32.2. The van der Waals surface area contributed by atoms with Crippen LogP contribution in [-0.4, -0.2) is 28.7 Å². The van der Waals surface area contributed by atoms with Gasteiger partial charge in [-0.1, -0.05) is 11.3 Å². The Morgan fingerprint density at radius 1 is 1.27 bits per heavy atom. The van der Waals surface area contributed by atoms with Crippen molar-refractivity contribution in [2.45, 2.75) is 13.3 Å². The summed E-state index contributed by atoms with van der Waals surface area (Å²) in [6, 6.07) is 11.3. The lowest BCUT2D eigenvalue weighted by Gasteiger charge is -2.02. The highest BCUT2D eigenvalue weighted by Gasteiger charge is 2.12. The topological polar surface area (TPSA) is 51.6 Å². The predicted octanol–water partition coefficient (Wildman–Crippen LogP) is 5.50. The van der Waals surface area contributed by atoms with E-state index in [-0.39, 0.29) is 18.0 Å². The molecule has 0 spiro atoms. The number of nitrogens with zero attached hydrogens (tertiary/aromatic N) is 2. The monoisotopic (exact) mass is 388 g/mol. The first-order valence-electron chi connectivity index (χ1n) is 8.02. The maximum Gasteiger partial charge on any atom is 0.210 e. The largest absolute Gasteiger partial charge is 0.494 e. The number of carbonyl (C=O) groups excluding carboxylic acids is 1. The summed E-state index contributed by atoms with van der Waals surface area (Å²) < 4.78 is 19.5. The standard InChI is InChI=1S/C19H17FN2O2S2/c1-3-24-14-8-9-15-17(10-14)26-19(21-15)22-18(25-2)11-16(23)12-4-6-13(20)7-5-12/h4-10H,3,11H2,1-2H3/b22-18-. The molecule has 0 saturated carbocycles. The van der Waals surface area contributed by atoms with E-state index >= 15 is 0 Å². The average molecular weight is 388 g/mol. The van der Waals surface area contributed by atoms with E-state index in [4.69, 9.17) is 4.74 Å². The van der Waals surface area contributed by atoms with E-state index < -0.39 is 0 Å². The molecule has 0 bridgehead atoms. The van der Waals surface area contributed by atoms with Crippen LogP contribution in [0.1, 0.15) is 23.7 Å². The summed E-state index contributed by atoms with van der Waals surface area (Å²) in [4.78, 5) is 21.4. The van der Waals surface area contributed by atoms with Gasteiger partial charge in [0, 0.05) is 5.56 Å². The zero-order chi connectivity index (χ0) is 18.5. The zero-order valence-electron chi connectivity index (χ0n) is 14.4. The molecule has 134 valence electrons. The van der Waals surface area contributed by atoms with Gasteiger partial charge in [-0.2, -0.15) is 0 Å². The van der Waals surface area contributed by atoms with Crippen LogP contribution >= 0.6 is 23.1 Å². The van der Waals surface area contributed by atoms with Gasteiger partial charge in [-0.15, -0.1) is 11.8 Å². The molecule has 3 rings (SSSR count). The first kappa shape index (κ1) is 18.5. The molecule has 0 unspecified atom stereocenters. The van der Waals surface area contributed by atoms with Crippen molar-refractivity contribution in [1.82, 2.24) is 4.98 Å². The molecule has 1 aromatic heterocycles. The Hall–Kier alpha value is -2.25. The van der Waals surface area contributed by atoms with Crippen LogP contribution in [0.2, 0.25) is 0 Å². The Kier molecular flexibility index (Phi) is 6.00. The molecule has 0 radical (unpaired) electrons. The van der Waals surface area contributed by atoms with Gasteiger partial charge >= 0.3 is 0 Å². The lowest BCUT2D eigenvalue weighted by Crippen LogP contribution is -2.05. The van der Waals surface area contributed by atoms with Crippen LogP contribution in [0, 0.1) is 5.82 Å². The van der Waals surface area contributed by atoms with Crippen molar-refractivity contribution in [3.8, 4) is 5.75 Å². The van der Waals surface area contributed by atoms with Crippen molar-refractivity contribution in [3.63, 3.8) is 0 Å². The Morgan fingerprint density at radius 3 is 2.73 bits per heavy atom. The number of ketones is 1. The normalized spacial score (nSPS) is 11.7.